The molecule has 0 aromatic rings. The molecule has 5 nitrogen and oxygen atoms in total. The second-order valence-electron chi connectivity index (χ2n) is 3.57. The molecular formula is C8H17NO4. The molecule has 1 saturated heterocycles. The number of nitrogens with one attached hydrogen (secondary N) is 1. The molecule has 78 valence electrons. The lowest BCUT2D eigenvalue weighted by Gasteiger charge is -2.12. The van der Waals surface area contributed by atoms with Gasteiger partial charge in [0.1, 0.15) is 6.10 Å². The Hall–Kier alpha value is -0.650. The van der Waals surface area contributed by atoms with Crippen LogP contribution in [-0.4, -0.2) is 41.2 Å². The number of carboxylic acids is 1. The Labute approximate surface area is 77.7 Å². The van der Waals surface area contributed by atoms with Crippen LogP contribution in [0.4, 0.5) is 0 Å². The van der Waals surface area contributed by atoms with Crippen LogP contribution in [0, 0.1) is 0 Å². The first kappa shape index (κ1) is 12.3. The van der Waals surface area contributed by atoms with E-state index in [9.17, 15) is 4.79 Å². The number of ether oxygens (including phenoxy) is 1. The summed E-state index contributed by atoms with van der Waals surface area (Å²) in [6.45, 7) is 7.00. The quantitative estimate of drug-likeness (QED) is 0.534. The molecule has 0 bridgehead atoms. The van der Waals surface area contributed by atoms with Crippen molar-refractivity contribution in [1.29, 1.82) is 0 Å². The Morgan fingerprint density at radius 3 is 2.15 bits per heavy atom. The van der Waals surface area contributed by atoms with Crippen molar-refractivity contribution in [2.75, 3.05) is 13.3 Å². The molecule has 5 heteroatoms. The number of carbonyl (C=O) groups is 1. The molecule has 0 radical (unpaired) electrons. The maximum absolute atomic E-state index is 9.45. The van der Waals surface area contributed by atoms with Crippen molar-refractivity contribution in [3.63, 3.8) is 0 Å². The zero-order valence-corrected chi connectivity index (χ0v) is 8.20. The van der Waals surface area contributed by atoms with Crippen molar-refractivity contribution in [3.05, 3.63) is 0 Å². The smallest absolute Gasteiger partial charge is 0.332 e. The number of aliphatic carboxylic acids is 1. The van der Waals surface area contributed by atoms with E-state index in [1.807, 2.05) is 0 Å². The minimum atomic E-state index is -1.23. The minimum absolute atomic E-state index is 0.222. The maximum atomic E-state index is 9.45. The molecule has 3 N–H and O–H groups in total. The van der Waals surface area contributed by atoms with E-state index in [-0.39, 0.29) is 5.54 Å². The van der Waals surface area contributed by atoms with Crippen LogP contribution in [0.1, 0.15) is 20.8 Å². The molecule has 0 spiro atoms. The van der Waals surface area contributed by atoms with E-state index >= 15 is 0 Å². The van der Waals surface area contributed by atoms with Gasteiger partial charge in [-0.1, -0.05) is 0 Å². The molecule has 0 saturated carbocycles. The Bertz CT molecular complexity index is 160. The van der Waals surface area contributed by atoms with Gasteiger partial charge in [-0.15, -0.1) is 0 Å². The van der Waals surface area contributed by atoms with E-state index in [0.29, 0.717) is 6.73 Å². The molecule has 1 atom stereocenters. The van der Waals surface area contributed by atoms with Crippen LogP contribution < -0.4 is 5.32 Å². The molecule has 1 fully saturated rings. The SMILES string of the molecule is CC(O)C(=O)O.CC1(C)COCN1. The Balaban J connectivity index is 0.000000226. The number of aliphatic hydroxyl groups excluding tert-OH is 1. The topological polar surface area (TPSA) is 78.8 Å². The van der Waals surface area contributed by atoms with Gasteiger partial charge in [0.25, 0.3) is 0 Å². The zero-order valence-electron chi connectivity index (χ0n) is 8.20. The monoisotopic (exact) mass is 191 g/mol. The normalized spacial score (nSPS) is 21.5. The Kier molecular flexibility index (Phi) is 4.90. The summed E-state index contributed by atoms with van der Waals surface area (Å²) in [5, 5.41) is 18.9. The van der Waals surface area contributed by atoms with Gasteiger partial charge in [-0.3, -0.25) is 5.32 Å². The predicted octanol–water partition coefficient (Wildman–Crippen LogP) is -0.206. The molecule has 1 heterocycles. The van der Waals surface area contributed by atoms with Crippen molar-refractivity contribution in [3.8, 4) is 0 Å². The summed E-state index contributed by atoms with van der Waals surface area (Å²) in [6.07, 6.45) is -1.23. The van der Waals surface area contributed by atoms with Crippen molar-refractivity contribution < 1.29 is 19.7 Å². The molecule has 1 aliphatic heterocycles. The van der Waals surface area contributed by atoms with Crippen LogP contribution in [0.2, 0.25) is 0 Å². The van der Waals surface area contributed by atoms with Crippen molar-refractivity contribution in [1.82, 2.24) is 5.32 Å². The summed E-state index contributed by atoms with van der Waals surface area (Å²) >= 11 is 0. The van der Waals surface area contributed by atoms with Gasteiger partial charge in [0.2, 0.25) is 0 Å². The lowest BCUT2D eigenvalue weighted by atomic mass is 10.1. The highest BCUT2D eigenvalue weighted by molar-refractivity contribution is 5.71. The van der Waals surface area contributed by atoms with Gasteiger partial charge >= 0.3 is 5.97 Å². The molecule has 1 unspecified atom stereocenters. The number of hydrogen-bond donors (Lipinski definition) is 3. The summed E-state index contributed by atoms with van der Waals surface area (Å²) < 4.78 is 5.05. The third-order valence-corrected chi connectivity index (χ3v) is 1.47. The number of carboxylic acid groups (broad SMARTS) is 1. The second kappa shape index (κ2) is 5.16. The highest BCUT2D eigenvalue weighted by Crippen LogP contribution is 2.06. The van der Waals surface area contributed by atoms with Crippen molar-refractivity contribution in [2.24, 2.45) is 0 Å². The molecule has 1 aliphatic rings. The van der Waals surface area contributed by atoms with E-state index in [1.165, 1.54) is 6.92 Å². The molecular weight excluding hydrogens is 174 g/mol. The number of rotatable bonds is 1. The van der Waals surface area contributed by atoms with Gasteiger partial charge < -0.3 is 14.9 Å². The van der Waals surface area contributed by atoms with Crippen molar-refractivity contribution >= 4 is 5.97 Å². The van der Waals surface area contributed by atoms with Crippen LogP contribution >= 0.6 is 0 Å². The lowest BCUT2D eigenvalue weighted by molar-refractivity contribution is -0.145. The second-order valence-corrected chi connectivity index (χ2v) is 3.57. The average Bonchev–Trinajstić information content (AvgIpc) is 2.35. The van der Waals surface area contributed by atoms with Gasteiger partial charge in [-0.2, -0.15) is 0 Å². The highest BCUT2D eigenvalue weighted by atomic mass is 16.5. The van der Waals surface area contributed by atoms with Gasteiger partial charge in [0.15, 0.2) is 0 Å². The van der Waals surface area contributed by atoms with E-state index < -0.39 is 12.1 Å². The minimum Gasteiger partial charge on any atom is -0.479 e. The van der Waals surface area contributed by atoms with Gasteiger partial charge in [-0.25, -0.2) is 4.79 Å². The fourth-order valence-electron chi connectivity index (χ4n) is 0.604. The van der Waals surface area contributed by atoms with Crippen LogP contribution in [0.25, 0.3) is 0 Å². The van der Waals surface area contributed by atoms with Gasteiger partial charge in [0, 0.05) is 5.54 Å². The Morgan fingerprint density at radius 1 is 1.62 bits per heavy atom. The summed E-state index contributed by atoms with van der Waals surface area (Å²) in [6, 6.07) is 0. The summed E-state index contributed by atoms with van der Waals surface area (Å²) in [5.41, 5.74) is 0.222. The average molecular weight is 191 g/mol. The largest absolute Gasteiger partial charge is 0.479 e. The van der Waals surface area contributed by atoms with E-state index in [2.05, 4.69) is 19.2 Å². The van der Waals surface area contributed by atoms with Crippen LogP contribution in [0.5, 0.6) is 0 Å². The standard InChI is InChI=1S/C5H11NO.C3H6O3/c1-5(2)3-7-4-6-5;1-2(4)3(5)6/h6H,3-4H2,1-2H3;2,4H,1H3,(H,5,6). The molecule has 0 aromatic heterocycles. The van der Waals surface area contributed by atoms with Gasteiger partial charge in [-0.05, 0) is 20.8 Å². The van der Waals surface area contributed by atoms with Gasteiger partial charge in [0.05, 0.1) is 13.3 Å². The zero-order chi connectivity index (χ0) is 10.5. The summed E-state index contributed by atoms with van der Waals surface area (Å²) in [4.78, 5) is 9.45. The van der Waals surface area contributed by atoms with E-state index in [4.69, 9.17) is 14.9 Å². The summed E-state index contributed by atoms with van der Waals surface area (Å²) in [5.74, 6) is -1.19. The maximum Gasteiger partial charge on any atom is 0.332 e. The first-order valence-electron chi connectivity index (χ1n) is 4.09. The van der Waals surface area contributed by atoms with Crippen LogP contribution in [-0.2, 0) is 9.53 Å². The van der Waals surface area contributed by atoms with E-state index in [1.54, 1.807) is 0 Å². The molecule has 0 amide bonds. The highest BCUT2D eigenvalue weighted by Gasteiger charge is 2.21. The molecule has 13 heavy (non-hydrogen) atoms. The summed E-state index contributed by atoms with van der Waals surface area (Å²) in [7, 11) is 0. The number of hydrogen-bond acceptors (Lipinski definition) is 4. The lowest BCUT2D eigenvalue weighted by Crippen LogP contribution is -2.34. The fourth-order valence-corrected chi connectivity index (χ4v) is 0.604. The first-order chi connectivity index (χ1) is 5.85. The third kappa shape index (κ3) is 6.51. The molecule has 0 aromatic carbocycles. The third-order valence-electron chi connectivity index (χ3n) is 1.47. The first-order valence-corrected chi connectivity index (χ1v) is 4.09. The number of aliphatic hydroxyl groups is 1. The van der Waals surface area contributed by atoms with Crippen LogP contribution in [0.15, 0.2) is 0 Å². The Morgan fingerprint density at radius 2 is 2.08 bits per heavy atom. The van der Waals surface area contributed by atoms with Crippen LogP contribution in [0.3, 0.4) is 0 Å². The predicted molar refractivity (Wildman–Crippen MR) is 47.4 cm³/mol. The van der Waals surface area contributed by atoms with Crippen molar-refractivity contribution in [2.45, 2.75) is 32.4 Å². The fraction of sp³-hybridized carbons (Fsp3) is 0.875. The molecule has 1 rings (SSSR count). The van der Waals surface area contributed by atoms with E-state index in [0.717, 1.165) is 6.61 Å². The molecule has 0 aliphatic carbocycles.